The first-order chi connectivity index (χ1) is 13.6. The van der Waals surface area contributed by atoms with Crippen molar-refractivity contribution < 1.29 is 9.84 Å². The van der Waals surface area contributed by atoms with Gasteiger partial charge in [0.05, 0.1) is 14.3 Å². The molecule has 3 heteroatoms. The largest absolute Gasteiger partial charge is 0.508 e. The lowest BCUT2D eigenvalue weighted by Crippen LogP contribution is -2.34. The molecule has 0 saturated carbocycles. The minimum absolute atomic E-state index is 0.294. The van der Waals surface area contributed by atoms with Crippen LogP contribution in [0.2, 0.25) is 19.1 Å². The molecule has 1 aromatic rings. The molecule has 1 N–H and O–H groups in total. The van der Waals surface area contributed by atoms with E-state index in [1.54, 1.807) is 12.1 Å². The predicted octanol–water partition coefficient (Wildman–Crippen LogP) is 7.66. The third kappa shape index (κ3) is 10.2. The highest BCUT2D eigenvalue weighted by molar-refractivity contribution is 6.77. The molecule has 0 amide bonds. The highest BCUT2D eigenvalue weighted by Gasteiger charge is 2.21. The van der Waals surface area contributed by atoms with E-state index in [2.05, 4.69) is 37.4 Å². The van der Waals surface area contributed by atoms with Crippen LogP contribution < -0.4 is 4.74 Å². The monoisotopic (exact) mass is 400 g/mol. The second-order valence-corrected chi connectivity index (χ2v) is 14.2. The van der Waals surface area contributed by atoms with E-state index in [1.807, 2.05) is 12.1 Å². The second kappa shape index (κ2) is 12.9. The maximum absolute atomic E-state index is 9.33. The number of aromatic hydroxyl groups is 1. The van der Waals surface area contributed by atoms with E-state index < -0.39 is 8.07 Å². The van der Waals surface area contributed by atoms with Crippen LogP contribution in [0.5, 0.6) is 11.5 Å². The lowest BCUT2D eigenvalue weighted by Gasteiger charge is -2.22. The summed E-state index contributed by atoms with van der Waals surface area (Å²) in [4.78, 5) is 0. The Hall–Kier alpha value is -1.48. The summed E-state index contributed by atoms with van der Waals surface area (Å²) >= 11 is 0. The maximum atomic E-state index is 9.33. The average molecular weight is 401 g/mol. The van der Waals surface area contributed by atoms with Crippen LogP contribution >= 0.6 is 0 Å². The van der Waals surface area contributed by atoms with Gasteiger partial charge in [-0.2, -0.15) is 0 Å². The van der Waals surface area contributed by atoms with Crippen molar-refractivity contribution in [3.05, 3.63) is 48.6 Å². The number of rotatable bonds is 15. The lowest BCUT2D eigenvalue weighted by atomic mass is 10.0. The Balaban J connectivity index is 1.39. The molecule has 0 radical (unpaired) electrons. The van der Waals surface area contributed by atoms with E-state index in [-0.39, 0.29) is 0 Å². The second-order valence-electron chi connectivity index (χ2n) is 9.10. The number of ether oxygens (including phenoxy) is 1. The maximum Gasteiger partial charge on any atom is 0.119 e. The first kappa shape index (κ1) is 22.8. The number of benzene rings is 1. The highest BCUT2D eigenvalue weighted by atomic mass is 28.3. The normalized spacial score (nSPS) is 14.1. The lowest BCUT2D eigenvalue weighted by molar-refractivity contribution is 0.375. The molecular formula is C25H40O2Si. The fraction of sp³-hybridized carbons (Fsp3) is 0.600. The van der Waals surface area contributed by atoms with Gasteiger partial charge in [0.2, 0.25) is 0 Å². The summed E-state index contributed by atoms with van der Waals surface area (Å²) in [6.45, 7) is 4.84. The fourth-order valence-electron chi connectivity index (χ4n) is 3.78. The summed E-state index contributed by atoms with van der Waals surface area (Å²) < 4.78 is 5.94. The number of hydrogen-bond donors (Lipinski definition) is 1. The fourth-order valence-corrected chi connectivity index (χ4v) is 5.69. The van der Waals surface area contributed by atoms with E-state index in [9.17, 15) is 5.11 Å². The van der Waals surface area contributed by atoms with Gasteiger partial charge in [0.1, 0.15) is 11.5 Å². The molecule has 0 unspecified atom stereocenters. The van der Waals surface area contributed by atoms with Crippen molar-refractivity contribution in [2.75, 3.05) is 6.23 Å². The standard InChI is InChI=1S/C25H40O2Si/c1-28(2,22-27-25-19-17-24(26)18-20-25)21-13-9-7-5-3-4-6-8-10-14-23-15-11-12-16-23/h11-12,15-20,23,26H,3-10,13-14,21-22H2,1-2H3. The van der Waals surface area contributed by atoms with Crippen LogP contribution in [-0.4, -0.2) is 19.4 Å². The Kier molecular flexibility index (Phi) is 10.5. The van der Waals surface area contributed by atoms with Gasteiger partial charge in [-0.05, 0) is 36.6 Å². The summed E-state index contributed by atoms with van der Waals surface area (Å²) in [5.74, 6) is 1.89. The molecule has 156 valence electrons. The van der Waals surface area contributed by atoms with E-state index in [1.165, 1.54) is 70.3 Å². The molecular weight excluding hydrogens is 360 g/mol. The van der Waals surface area contributed by atoms with Crippen LogP contribution in [0.3, 0.4) is 0 Å². The third-order valence-electron chi connectivity index (χ3n) is 5.69. The number of unbranched alkanes of at least 4 members (excludes halogenated alkanes) is 8. The molecule has 0 bridgehead atoms. The predicted molar refractivity (Wildman–Crippen MR) is 124 cm³/mol. The van der Waals surface area contributed by atoms with Gasteiger partial charge in [-0.25, -0.2) is 0 Å². The molecule has 2 nitrogen and oxygen atoms in total. The first-order valence-corrected chi connectivity index (χ1v) is 14.7. The molecule has 2 rings (SSSR count). The van der Waals surface area contributed by atoms with Gasteiger partial charge in [0, 0.05) is 0 Å². The van der Waals surface area contributed by atoms with E-state index in [0.717, 1.165) is 17.9 Å². The zero-order chi connectivity index (χ0) is 20.1. The summed E-state index contributed by atoms with van der Waals surface area (Å²) in [7, 11) is -1.30. The summed E-state index contributed by atoms with van der Waals surface area (Å²) in [5, 5.41) is 9.33. The van der Waals surface area contributed by atoms with Crippen LogP contribution in [0.25, 0.3) is 0 Å². The molecule has 0 atom stereocenters. The van der Waals surface area contributed by atoms with Gasteiger partial charge in [-0.1, -0.05) is 101 Å². The molecule has 0 fully saturated rings. The molecule has 1 aliphatic rings. The Morgan fingerprint density at radius 1 is 0.786 bits per heavy atom. The highest BCUT2D eigenvalue weighted by Crippen LogP contribution is 2.21. The summed E-state index contributed by atoms with van der Waals surface area (Å²) in [5.41, 5.74) is 0. The number of allylic oxidation sites excluding steroid dienone is 4. The zero-order valence-electron chi connectivity index (χ0n) is 18.0. The van der Waals surface area contributed by atoms with Crippen molar-refractivity contribution in [3.8, 4) is 11.5 Å². The topological polar surface area (TPSA) is 29.5 Å². The van der Waals surface area contributed by atoms with E-state index in [0.29, 0.717) is 5.75 Å². The molecule has 1 aliphatic carbocycles. The van der Waals surface area contributed by atoms with Crippen molar-refractivity contribution in [1.29, 1.82) is 0 Å². The van der Waals surface area contributed by atoms with Gasteiger partial charge in [-0.15, -0.1) is 0 Å². The molecule has 0 aromatic heterocycles. The molecule has 1 aromatic carbocycles. The minimum atomic E-state index is -1.30. The van der Waals surface area contributed by atoms with Crippen LogP contribution in [-0.2, 0) is 0 Å². The molecule has 0 aliphatic heterocycles. The van der Waals surface area contributed by atoms with E-state index in [4.69, 9.17) is 4.74 Å². The Bertz CT molecular complexity index is 577. The average Bonchev–Trinajstić information content (AvgIpc) is 3.19. The van der Waals surface area contributed by atoms with Crippen molar-refractivity contribution in [2.24, 2.45) is 5.92 Å². The van der Waals surface area contributed by atoms with Gasteiger partial charge in [-0.3, -0.25) is 0 Å². The Morgan fingerprint density at radius 3 is 1.93 bits per heavy atom. The van der Waals surface area contributed by atoms with Gasteiger partial charge in [0.15, 0.2) is 0 Å². The number of hydrogen-bond acceptors (Lipinski definition) is 2. The van der Waals surface area contributed by atoms with Crippen molar-refractivity contribution in [3.63, 3.8) is 0 Å². The quantitative estimate of drug-likeness (QED) is 0.242. The Labute approximate surface area is 173 Å². The SMILES string of the molecule is C[Si](C)(CCCCCCCCCCCC1C=CC=C1)COc1ccc(O)cc1. The molecule has 0 heterocycles. The van der Waals surface area contributed by atoms with Crippen LogP contribution in [0.15, 0.2) is 48.6 Å². The third-order valence-corrected chi connectivity index (χ3v) is 8.32. The van der Waals surface area contributed by atoms with Crippen molar-refractivity contribution in [1.82, 2.24) is 0 Å². The summed E-state index contributed by atoms with van der Waals surface area (Å²) in [6, 6.07) is 8.42. The summed E-state index contributed by atoms with van der Waals surface area (Å²) in [6.07, 6.45) is 23.7. The van der Waals surface area contributed by atoms with Gasteiger partial charge in [0.25, 0.3) is 0 Å². The van der Waals surface area contributed by atoms with E-state index >= 15 is 0 Å². The van der Waals surface area contributed by atoms with Crippen LogP contribution in [0.4, 0.5) is 0 Å². The Morgan fingerprint density at radius 2 is 1.32 bits per heavy atom. The van der Waals surface area contributed by atoms with Crippen LogP contribution in [0, 0.1) is 5.92 Å². The van der Waals surface area contributed by atoms with Crippen molar-refractivity contribution >= 4 is 8.07 Å². The molecule has 28 heavy (non-hydrogen) atoms. The van der Waals surface area contributed by atoms with Crippen LogP contribution in [0.1, 0.15) is 64.2 Å². The van der Waals surface area contributed by atoms with Gasteiger partial charge >= 0.3 is 0 Å². The number of phenolic OH excluding ortho intramolecular Hbond substituents is 1. The molecule has 0 spiro atoms. The van der Waals surface area contributed by atoms with Crippen molar-refractivity contribution in [2.45, 2.75) is 83.3 Å². The van der Waals surface area contributed by atoms with Gasteiger partial charge < -0.3 is 9.84 Å². The smallest absolute Gasteiger partial charge is 0.119 e. The zero-order valence-corrected chi connectivity index (χ0v) is 19.0. The first-order valence-electron chi connectivity index (χ1n) is 11.3. The number of phenols is 1. The minimum Gasteiger partial charge on any atom is -0.508 e. The molecule has 0 saturated heterocycles.